The molecule has 0 heterocycles. The molecule has 0 aliphatic carbocycles. The highest BCUT2D eigenvalue weighted by Gasteiger charge is 2.26. The van der Waals surface area contributed by atoms with Gasteiger partial charge in [-0.3, -0.25) is 9.69 Å². The maximum atomic E-state index is 12.3. The van der Waals surface area contributed by atoms with Crippen LogP contribution in [0.15, 0.2) is 0 Å². The Morgan fingerprint density at radius 3 is 2.29 bits per heavy atom. The Balaban J connectivity index is 4.48. The molecule has 2 N–H and O–H groups in total. The number of rotatable bonds is 6. The van der Waals surface area contributed by atoms with E-state index >= 15 is 0 Å². The van der Waals surface area contributed by atoms with Gasteiger partial charge < -0.3 is 10.4 Å². The number of aliphatic hydroxyl groups excluding tert-OH is 1. The fraction of sp³-hybridized carbons (Fsp3) is 0.909. The second kappa shape index (κ2) is 6.86. The van der Waals surface area contributed by atoms with Crippen LogP contribution < -0.4 is 5.32 Å². The number of nitrogens with zero attached hydrogens (tertiary/aromatic N) is 1. The van der Waals surface area contributed by atoms with E-state index in [-0.39, 0.29) is 19.1 Å². The first-order valence-corrected chi connectivity index (χ1v) is 5.62. The predicted octanol–water partition coefficient (Wildman–Crippen LogP) is 0.849. The lowest BCUT2D eigenvalue weighted by atomic mass is 10.1. The predicted molar refractivity (Wildman–Crippen MR) is 62.0 cm³/mol. The van der Waals surface area contributed by atoms with Crippen molar-refractivity contribution in [2.24, 2.45) is 0 Å². The van der Waals surface area contributed by atoms with Crippen LogP contribution in [0, 0.1) is 0 Å². The van der Waals surface area contributed by atoms with E-state index in [1.165, 1.54) is 4.90 Å². The second-order valence-corrected chi connectivity index (χ2v) is 5.02. The van der Waals surface area contributed by atoms with Gasteiger partial charge in [0.05, 0.1) is 19.2 Å². The summed E-state index contributed by atoms with van der Waals surface area (Å²) in [7, 11) is 0. The molecule has 1 atom stereocenters. The summed E-state index contributed by atoms with van der Waals surface area (Å²) in [6, 6.07) is -0.685. The van der Waals surface area contributed by atoms with Crippen molar-refractivity contribution >= 4 is 5.91 Å². The third-order valence-electron chi connectivity index (χ3n) is 2.19. The number of alkyl halides is 2. The molecule has 0 aromatic rings. The van der Waals surface area contributed by atoms with Crippen LogP contribution >= 0.6 is 0 Å². The minimum atomic E-state index is -2.52. The first-order valence-electron chi connectivity index (χ1n) is 5.62. The van der Waals surface area contributed by atoms with Crippen LogP contribution in [0.25, 0.3) is 0 Å². The summed E-state index contributed by atoms with van der Waals surface area (Å²) < 4.78 is 24.6. The molecule has 0 saturated carbocycles. The van der Waals surface area contributed by atoms with Gasteiger partial charge in [0.2, 0.25) is 5.91 Å². The Morgan fingerprint density at radius 1 is 1.41 bits per heavy atom. The summed E-state index contributed by atoms with van der Waals surface area (Å²) in [6.07, 6.45) is -2.52. The van der Waals surface area contributed by atoms with Crippen molar-refractivity contribution in [1.29, 1.82) is 0 Å². The third kappa shape index (κ3) is 7.23. The van der Waals surface area contributed by atoms with Crippen molar-refractivity contribution < 1.29 is 18.7 Å². The van der Waals surface area contributed by atoms with Crippen LogP contribution in [0.3, 0.4) is 0 Å². The summed E-state index contributed by atoms with van der Waals surface area (Å²) in [5.74, 6) is -0.313. The average molecular weight is 252 g/mol. The molecule has 4 nitrogen and oxygen atoms in total. The largest absolute Gasteiger partial charge is 0.395 e. The van der Waals surface area contributed by atoms with Gasteiger partial charge in [0.15, 0.2) is 0 Å². The number of nitrogens with one attached hydrogen (secondary N) is 1. The Morgan fingerprint density at radius 2 is 1.94 bits per heavy atom. The molecule has 0 fully saturated rings. The van der Waals surface area contributed by atoms with E-state index in [0.717, 1.165) is 0 Å². The van der Waals surface area contributed by atoms with Crippen molar-refractivity contribution in [2.75, 3.05) is 19.7 Å². The Hall–Kier alpha value is -0.750. The molecule has 0 aliphatic rings. The molecule has 0 spiro atoms. The van der Waals surface area contributed by atoms with Gasteiger partial charge in [-0.15, -0.1) is 0 Å². The number of aliphatic hydroxyl groups is 1. The van der Waals surface area contributed by atoms with Crippen LogP contribution in [0.1, 0.15) is 27.7 Å². The summed E-state index contributed by atoms with van der Waals surface area (Å²) in [4.78, 5) is 13.0. The molecule has 0 rings (SSSR count). The fourth-order valence-corrected chi connectivity index (χ4v) is 1.39. The monoisotopic (exact) mass is 252 g/mol. The fourth-order valence-electron chi connectivity index (χ4n) is 1.39. The van der Waals surface area contributed by atoms with Crippen molar-refractivity contribution in [3.63, 3.8) is 0 Å². The van der Waals surface area contributed by atoms with E-state index in [1.807, 2.05) is 20.8 Å². The van der Waals surface area contributed by atoms with Crippen LogP contribution in [-0.4, -0.2) is 53.6 Å². The number of amides is 1. The highest BCUT2D eigenvalue weighted by molar-refractivity contribution is 5.81. The number of carbonyl (C=O) groups excluding carboxylic acids is 1. The maximum absolute atomic E-state index is 12.3. The molecule has 6 heteroatoms. The van der Waals surface area contributed by atoms with Gasteiger partial charge >= 0.3 is 0 Å². The van der Waals surface area contributed by atoms with Crippen LogP contribution in [0.5, 0.6) is 0 Å². The normalized spacial score (nSPS) is 14.2. The summed E-state index contributed by atoms with van der Waals surface area (Å²) in [5.41, 5.74) is -0.402. The number of carbonyl (C=O) groups is 1. The smallest absolute Gasteiger partial charge is 0.251 e. The standard InChI is InChI=1S/C11H22F2N2O2/c1-8(10(17)14-11(2,3)4)15(5-6-16)7-9(12)13/h8-9,16H,5-7H2,1-4H3,(H,14,17). The van der Waals surface area contributed by atoms with Crippen molar-refractivity contribution in [3.8, 4) is 0 Å². The minimum absolute atomic E-state index is 0.0586. The van der Waals surface area contributed by atoms with E-state index in [4.69, 9.17) is 5.11 Å². The average Bonchev–Trinajstić information content (AvgIpc) is 2.12. The summed E-state index contributed by atoms with van der Waals surface area (Å²) in [5, 5.41) is 11.5. The minimum Gasteiger partial charge on any atom is -0.395 e. The van der Waals surface area contributed by atoms with Gasteiger partial charge in [-0.25, -0.2) is 8.78 Å². The molecule has 1 amide bonds. The van der Waals surface area contributed by atoms with Gasteiger partial charge in [-0.2, -0.15) is 0 Å². The summed E-state index contributed by atoms with van der Waals surface area (Å²) in [6.45, 7) is 6.31. The van der Waals surface area contributed by atoms with Gasteiger partial charge in [0.1, 0.15) is 0 Å². The molecular weight excluding hydrogens is 230 g/mol. The molecule has 0 radical (unpaired) electrons. The first-order chi connectivity index (χ1) is 7.67. The molecule has 17 heavy (non-hydrogen) atoms. The first kappa shape index (κ1) is 16.2. The number of hydrogen-bond acceptors (Lipinski definition) is 3. The Kier molecular flexibility index (Phi) is 6.56. The van der Waals surface area contributed by atoms with Gasteiger partial charge in [0, 0.05) is 12.1 Å². The Bertz CT molecular complexity index is 242. The molecule has 0 aromatic heterocycles. The lowest BCUT2D eigenvalue weighted by Crippen LogP contribution is -2.52. The highest BCUT2D eigenvalue weighted by atomic mass is 19.3. The van der Waals surface area contributed by atoms with Gasteiger partial charge in [-0.1, -0.05) is 0 Å². The zero-order chi connectivity index (χ0) is 13.6. The van der Waals surface area contributed by atoms with Gasteiger partial charge in [0.25, 0.3) is 6.43 Å². The maximum Gasteiger partial charge on any atom is 0.251 e. The SMILES string of the molecule is CC(C(=O)NC(C)(C)C)N(CCO)CC(F)F. The van der Waals surface area contributed by atoms with Crippen molar-refractivity contribution in [1.82, 2.24) is 10.2 Å². The van der Waals surface area contributed by atoms with E-state index in [2.05, 4.69) is 5.32 Å². The molecule has 0 aliphatic heterocycles. The Labute approximate surface area is 101 Å². The van der Waals surface area contributed by atoms with E-state index in [1.54, 1.807) is 6.92 Å². The zero-order valence-electron chi connectivity index (χ0n) is 10.8. The summed E-state index contributed by atoms with van der Waals surface area (Å²) >= 11 is 0. The van der Waals surface area contributed by atoms with Crippen LogP contribution in [0.2, 0.25) is 0 Å². The highest BCUT2D eigenvalue weighted by Crippen LogP contribution is 2.06. The molecule has 1 unspecified atom stereocenters. The zero-order valence-corrected chi connectivity index (χ0v) is 10.8. The number of halogens is 2. The molecule has 0 saturated heterocycles. The van der Waals surface area contributed by atoms with E-state index < -0.39 is 24.6 Å². The molecule has 102 valence electrons. The topological polar surface area (TPSA) is 52.6 Å². The second-order valence-electron chi connectivity index (χ2n) is 5.02. The molecule has 0 aromatic carbocycles. The van der Waals surface area contributed by atoms with Crippen molar-refractivity contribution in [3.05, 3.63) is 0 Å². The van der Waals surface area contributed by atoms with Gasteiger partial charge in [-0.05, 0) is 27.7 Å². The van der Waals surface area contributed by atoms with Crippen molar-refractivity contribution in [2.45, 2.75) is 45.7 Å². The lowest BCUT2D eigenvalue weighted by Gasteiger charge is -2.30. The lowest BCUT2D eigenvalue weighted by molar-refractivity contribution is -0.128. The van der Waals surface area contributed by atoms with E-state index in [9.17, 15) is 13.6 Å². The third-order valence-corrected chi connectivity index (χ3v) is 2.19. The molecule has 0 bridgehead atoms. The van der Waals surface area contributed by atoms with Crippen LogP contribution in [-0.2, 0) is 4.79 Å². The number of hydrogen-bond donors (Lipinski definition) is 2. The quantitative estimate of drug-likeness (QED) is 0.737. The van der Waals surface area contributed by atoms with Crippen LogP contribution in [0.4, 0.5) is 8.78 Å². The molecular formula is C11H22F2N2O2. The van der Waals surface area contributed by atoms with E-state index in [0.29, 0.717) is 0 Å².